The molecular formula is C20H21ClN4O2. The summed E-state index contributed by atoms with van der Waals surface area (Å²) in [5.41, 5.74) is 10.5. The summed E-state index contributed by atoms with van der Waals surface area (Å²) < 4.78 is 5.27. The SMILES string of the molecule is COc1ccccc1/C=C/C=N/NC(=O)C1CC(c2ccccc2Cl)NN1. The molecule has 0 aliphatic carbocycles. The Morgan fingerprint density at radius 3 is 2.81 bits per heavy atom. The topological polar surface area (TPSA) is 74.8 Å². The Balaban J connectivity index is 1.50. The molecule has 0 saturated carbocycles. The Morgan fingerprint density at radius 2 is 2.00 bits per heavy atom. The number of methoxy groups -OCH3 is 1. The number of rotatable bonds is 6. The van der Waals surface area contributed by atoms with Gasteiger partial charge in [-0.1, -0.05) is 48.0 Å². The second-order valence-electron chi connectivity index (χ2n) is 6.01. The number of allylic oxidation sites excluding steroid dienone is 1. The van der Waals surface area contributed by atoms with Gasteiger partial charge in [-0.3, -0.25) is 4.79 Å². The van der Waals surface area contributed by atoms with Crippen molar-refractivity contribution in [3.8, 4) is 5.75 Å². The lowest BCUT2D eigenvalue weighted by Crippen LogP contribution is -2.41. The third kappa shape index (κ3) is 4.95. The van der Waals surface area contributed by atoms with Gasteiger partial charge in [-0.15, -0.1) is 0 Å². The van der Waals surface area contributed by atoms with Gasteiger partial charge in [-0.2, -0.15) is 5.10 Å². The maximum Gasteiger partial charge on any atom is 0.258 e. The summed E-state index contributed by atoms with van der Waals surface area (Å²) in [5.74, 6) is 0.567. The molecular weight excluding hydrogens is 364 g/mol. The number of nitrogens with zero attached hydrogens (tertiary/aromatic N) is 1. The van der Waals surface area contributed by atoms with E-state index >= 15 is 0 Å². The van der Waals surface area contributed by atoms with Crippen LogP contribution in [0.25, 0.3) is 6.08 Å². The number of halogens is 1. The van der Waals surface area contributed by atoms with Gasteiger partial charge < -0.3 is 4.74 Å². The number of ether oxygens (including phenoxy) is 1. The van der Waals surface area contributed by atoms with Crippen molar-refractivity contribution in [1.82, 2.24) is 16.3 Å². The van der Waals surface area contributed by atoms with Gasteiger partial charge in [0.2, 0.25) is 0 Å². The molecule has 7 heteroatoms. The quantitative estimate of drug-likeness (QED) is 0.528. The summed E-state index contributed by atoms with van der Waals surface area (Å²) in [4.78, 5) is 12.2. The average molecular weight is 385 g/mol. The first-order valence-corrected chi connectivity index (χ1v) is 8.95. The molecule has 3 N–H and O–H groups in total. The molecule has 2 unspecified atom stereocenters. The second kappa shape index (κ2) is 9.32. The minimum Gasteiger partial charge on any atom is -0.496 e. The predicted octanol–water partition coefficient (Wildman–Crippen LogP) is 3.07. The van der Waals surface area contributed by atoms with E-state index in [0.717, 1.165) is 16.9 Å². The molecule has 1 heterocycles. The minimum atomic E-state index is -0.387. The average Bonchev–Trinajstić information content (AvgIpc) is 3.18. The van der Waals surface area contributed by atoms with E-state index in [-0.39, 0.29) is 18.0 Å². The summed E-state index contributed by atoms with van der Waals surface area (Å²) in [5, 5.41) is 4.63. The van der Waals surface area contributed by atoms with E-state index in [2.05, 4.69) is 21.4 Å². The molecule has 0 bridgehead atoms. The lowest BCUT2D eigenvalue weighted by molar-refractivity contribution is -0.122. The summed E-state index contributed by atoms with van der Waals surface area (Å²) >= 11 is 6.21. The van der Waals surface area contributed by atoms with Crippen LogP contribution in [0.1, 0.15) is 23.6 Å². The number of hydrogen-bond donors (Lipinski definition) is 3. The number of carbonyl (C=O) groups excluding carboxylic acids is 1. The highest BCUT2D eigenvalue weighted by atomic mass is 35.5. The van der Waals surface area contributed by atoms with Crippen LogP contribution in [0.2, 0.25) is 5.02 Å². The lowest BCUT2D eigenvalue weighted by atomic mass is 10.0. The number of hydrazine groups is 1. The van der Waals surface area contributed by atoms with Crippen molar-refractivity contribution in [1.29, 1.82) is 0 Å². The molecule has 1 amide bonds. The molecule has 3 rings (SSSR count). The summed E-state index contributed by atoms with van der Waals surface area (Å²) in [6, 6.07) is 14.8. The van der Waals surface area contributed by atoms with Crippen LogP contribution in [-0.4, -0.2) is 25.3 Å². The highest BCUT2D eigenvalue weighted by Gasteiger charge is 2.30. The molecule has 2 atom stereocenters. The van der Waals surface area contributed by atoms with Crippen molar-refractivity contribution in [3.05, 3.63) is 70.8 Å². The number of hydrogen-bond acceptors (Lipinski definition) is 5. The van der Waals surface area contributed by atoms with Crippen molar-refractivity contribution >= 4 is 29.8 Å². The number of amides is 1. The zero-order chi connectivity index (χ0) is 19.1. The van der Waals surface area contributed by atoms with Crippen molar-refractivity contribution < 1.29 is 9.53 Å². The van der Waals surface area contributed by atoms with E-state index in [0.29, 0.717) is 11.4 Å². The third-order valence-corrected chi connectivity index (χ3v) is 4.59. The number of nitrogens with one attached hydrogen (secondary N) is 3. The van der Waals surface area contributed by atoms with Crippen LogP contribution in [-0.2, 0) is 4.79 Å². The van der Waals surface area contributed by atoms with Crippen LogP contribution >= 0.6 is 11.6 Å². The predicted molar refractivity (Wildman–Crippen MR) is 108 cm³/mol. The van der Waals surface area contributed by atoms with E-state index < -0.39 is 0 Å². The summed E-state index contributed by atoms with van der Waals surface area (Å²) in [6.07, 6.45) is 5.71. The molecule has 1 fully saturated rings. The van der Waals surface area contributed by atoms with Crippen molar-refractivity contribution in [2.24, 2.45) is 5.10 Å². The molecule has 1 saturated heterocycles. The molecule has 140 valence electrons. The lowest BCUT2D eigenvalue weighted by Gasteiger charge is -2.11. The minimum absolute atomic E-state index is 0.0242. The third-order valence-electron chi connectivity index (χ3n) is 4.25. The standard InChI is InChI=1S/C20H21ClN4O2/c1-27-19-11-5-2-7-14(19)8-6-12-22-25-20(26)18-13-17(23-24-18)15-9-3-4-10-16(15)21/h2-12,17-18,23-24H,13H2,1H3,(H,25,26)/b8-6+,22-12+. The molecule has 6 nitrogen and oxygen atoms in total. The van der Waals surface area contributed by atoms with Crippen molar-refractivity contribution in [2.45, 2.75) is 18.5 Å². The van der Waals surface area contributed by atoms with Crippen LogP contribution in [0.5, 0.6) is 5.75 Å². The summed E-state index contributed by atoms with van der Waals surface area (Å²) in [7, 11) is 1.62. The van der Waals surface area contributed by atoms with Gasteiger partial charge in [-0.25, -0.2) is 16.3 Å². The molecule has 0 aromatic heterocycles. The maximum absolute atomic E-state index is 12.2. The van der Waals surface area contributed by atoms with E-state index in [4.69, 9.17) is 16.3 Å². The van der Waals surface area contributed by atoms with Crippen molar-refractivity contribution in [3.63, 3.8) is 0 Å². The van der Waals surface area contributed by atoms with Gasteiger partial charge in [-0.05, 0) is 36.3 Å². The van der Waals surface area contributed by atoms with Gasteiger partial charge in [0.1, 0.15) is 11.8 Å². The molecule has 2 aromatic carbocycles. The zero-order valence-corrected chi connectivity index (χ0v) is 15.6. The fourth-order valence-electron chi connectivity index (χ4n) is 2.86. The first-order chi connectivity index (χ1) is 13.2. The van der Waals surface area contributed by atoms with Gasteiger partial charge in [0.15, 0.2) is 0 Å². The highest BCUT2D eigenvalue weighted by Crippen LogP contribution is 2.28. The Morgan fingerprint density at radius 1 is 1.22 bits per heavy atom. The Hall–Kier alpha value is -2.67. The zero-order valence-electron chi connectivity index (χ0n) is 14.9. The summed E-state index contributed by atoms with van der Waals surface area (Å²) in [6.45, 7) is 0. The van der Waals surface area contributed by atoms with Crippen LogP contribution in [0.3, 0.4) is 0 Å². The molecule has 1 aliphatic heterocycles. The van der Waals surface area contributed by atoms with Gasteiger partial charge >= 0.3 is 0 Å². The van der Waals surface area contributed by atoms with Gasteiger partial charge in [0, 0.05) is 22.8 Å². The van der Waals surface area contributed by atoms with E-state index in [1.54, 1.807) is 13.2 Å². The van der Waals surface area contributed by atoms with Crippen LogP contribution in [0.15, 0.2) is 59.7 Å². The number of para-hydroxylation sites is 1. The Bertz CT molecular complexity index is 853. The number of carbonyl (C=O) groups is 1. The second-order valence-corrected chi connectivity index (χ2v) is 6.41. The Labute approximate surface area is 163 Å². The highest BCUT2D eigenvalue weighted by molar-refractivity contribution is 6.31. The molecule has 2 aromatic rings. The molecule has 27 heavy (non-hydrogen) atoms. The normalized spacial score (nSPS) is 19.6. The fraction of sp³-hybridized carbons (Fsp3) is 0.200. The molecule has 0 radical (unpaired) electrons. The molecule has 0 spiro atoms. The Kier molecular flexibility index (Phi) is 6.59. The number of hydrazone groups is 1. The van der Waals surface area contributed by atoms with E-state index in [1.807, 2.05) is 54.6 Å². The van der Waals surface area contributed by atoms with Gasteiger partial charge in [0.05, 0.1) is 7.11 Å². The van der Waals surface area contributed by atoms with E-state index in [9.17, 15) is 4.79 Å². The fourth-order valence-corrected chi connectivity index (χ4v) is 3.13. The largest absolute Gasteiger partial charge is 0.496 e. The van der Waals surface area contributed by atoms with Crippen LogP contribution in [0.4, 0.5) is 0 Å². The first kappa shape index (κ1) is 19.1. The smallest absolute Gasteiger partial charge is 0.258 e. The van der Waals surface area contributed by atoms with Gasteiger partial charge in [0.25, 0.3) is 5.91 Å². The maximum atomic E-state index is 12.2. The van der Waals surface area contributed by atoms with E-state index in [1.165, 1.54) is 6.21 Å². The monoisotopic (exact) mass is 384 g/mol. The van der Waals surface area contributed by atoms with Crippen LogP contribution in [0, 0.1) is 0 Å². The first-order valence-electron chi connectivity index (χ1n) is 8.57. The number of benzene rings is 2. The molecule has 1 aliphatic rings. The van der Waals surface area contributed by atoms with Crippen LogP contribution < -0.4 is 21.0 Å². The van der Waals surface area contributed by atoms with Crippen molar-refractivity contribution in [2.75, 3.05) is 7.11 Å².